The van der Waals surface area contributed by atoms with Gasteiger partial charge in [0, 0.05) is 20.2 Å². The zero-order valence-electron chi connectivity index (χ0n) is 25.7. The molecule has 5 atom stereocenters. The van der Waals surface area contributed by atoms with Gasteiger partial charge in [0.1, 0.15) is 30.6 Å². The summed E-state index contributed by atoms with van der Waals surface area (Å²) in [5.74, 6) is -5.86. The van der Waals surface area contributed by atoms with Gasteiger partial charge in [-0.25, -0.2) is 13.9 Å². The highest BCUT2D eigenvalue weighted by atomic mass is 19.2. The van der Waals surface area contributed by atoms with Gasteiger partial charge in [-0.15, -0.1) is 0 Å². The average Bonchev–Trinajstić information content (AvgIpc) is 3.58. The number of alkyl halides is 1. The van der Waals surface area contributed by atoms with Crippen LogP contribution in [0, 0.1) is 11.8 Å². The Bertz CT molecular complexity index is 1260. The molecule has 15 heteroatoms. The molecule has 0 aliphatic carbocycles. The molecule has 2 aromatic rings. The second-order valence-electron chi connectivity index (χ2n) is 11.2. The van der Waals surface area contributed by atoms with Gasteiger partial charge < -0.3 is 34.3 Å². The summed E-state index contributed by atoms with van der Waals surface area (Å²) in [4.78, 5) is 44.2. The van der Waals surface area contributed by atoms with Crippen molar-refractivity contribution in [3.05, 3.63) is 24.2 Å². The van der Waals surface area contributed by atoms with Crippen molar-refractivity contribution in [2.24, 2.45) is 11.8 Å². The molecule has 240 valence electrons. The number of fused-ring (bicyclic) bond motifs is 1. The zero-order valence-corrected chi connectivity index (χ0v) is 25.7. The van der Waals surface area contributed by atoms with E-state index >= 15 is 4.39 Å². The molecule has 1 saturated heterocycles. The highest BCUT2D eigenvalue weighted by Gasteiger charge is 2.51. The molecule has 3 N–H and O–H groups in total. The Morgan fingerprint density at radius 1 is 1.12 bits per heavy atom. The van der Waals surface area contributed by atoms with Gasteiger partial charge in [-0.05, 0) is 32.5 Å². The van der Waals surface area contributed by atoms with E-state index in [-0.39, 0.29) is 24.3 Å². The molecule has 3 heterocycles. The maximum Gasteiger partial charge on any atom is 0.323 e. The van der Waals surface area contributed by atoms with E-state index in [0.717, 1.165) is 20.1 Å². The molecule has 1 fully saturated rings. The largest absolute Gasteiger partial charge is 0.460 e. The second kappa shape index (κ2) is 14.9. The molecule has 1 aliphatic heterocycles. The topological polar surface area (TPSA) is 169 Å². The van der Waals surface area contributed by atoms with Gasteiger partial charge in [0.15, 0.2) is 11.9 Å². The molecule has 43 heavy (non-hydrogen) atoms. The summed E-state index contributed by atoms with van der Waals surface area (Å²) in [6, 6.07) is 2.34. The van der Waals surface area contributed by atoms with Crippen LogP contribution in [-0.4, -0.2) is 102 Å². The minimum atomic E-state index is -2.82. The fraction of sp³-hybridized carbons (Fsp3) is 0.679. The molecule has 0 saturated carbocycles. The Kier molecular flexibility index (Phi) is 11.8. The van der Waals surface area contributed by atoms with Crippen LogP contribution in [0.2, 0.25) is 0 Å². The highest BCUT2D eigenvalue weighted by Crippen LogP contribution is 2.36. The summed E-state index contributed by atoms with van der Waals surface area (Å²) in [6.45, 7) is 8.43. The van der Waals surface area contributed by atoms with Crippen LogP contribution in [0.25, 0.3) is 5.52 Å². The van der Waals surface area contributed by atoms with Crippen molar-refractivity contribution < 1.29 is 42.5 Å². The molecule has 1 unspecified atom stereocenters. The fourth-order valence-corrected chi connectivity index (χ4v) is 4.34. The van der Waals surface area contributed by atoms with E-state index in [1.807, 2.05) is 7.05 Å². The molecule has 0 spiro atoms. The molecule has 14 nitrogen and oxygen atoms in total. The van der Waals surface area contributed by atoms with E-state index in [1.54, 1.807) is 40.7 Å². The lowest BCUT2D eigenvalue weighted by molar-refractivity contribution is -0.258. The number of halogens is 1. The molecule has 0 radical (unpaired) electrons. The van der Waals surface area contributed by atoms with E-state index in [0.29, 0.717) is 12.1 Å². The summed E-state index contributed by atoms with van der Waals surface area (Å²) < 4.78 is 45.8. The average molecular weight is 611 g/mol. The molecule has 0 amide bonds. The molecular weight excluding hydrogens is 567 g/mol. The first kappa shape index (κ1) is 34.1. The van der Waals surface area contributed by atoms with Crippen LogP contribution >= 0.6 is 0 Å². The molecular formula is C28H43FN6O8. The van der Waals surface area contributed by atoms with Gasteiger partial charge in [0.2, 0.25) is 6.10 Å². The number of hydrogen-bond acceptors (Lipinski definition) is 13. The fourth-order valence-electron chi connectivity index (χ4n) is 4.34. The van der Waals surface area contributed by atoms with Gasteiger partial charge in [-0.3, -0.25) is 19.7 Å². The van der Waals surface area contributed by atoms with E-state index in [9.17, 15) is 14.4 Å². The summed E-state index contributed by atoms with van der Waals surface area (Å²) in [5, 5.41) is 7.01. The Balaban J connectivity index is 1.84. The van der Waals surface area contributed by atoms with Crippen molar-refractivity contribution >= 4 is 29.2 Å². The smallest absolute Gasteiger partial charge is 0.323 e. The number of hydrogen-bond donors (Lipinski definition) is 2. The molecule has 0 aromatic carbocycles. The normalized spacial score (nSPS) is 19.3. The Hall–Kier alpha value is -3.40. The number of ether oxygens (including phenoxy) is 5. The number of likely N-dealkylation sites (tertiary alicyclic amines) is 1. The number of methoxy groups -OCH3 is 1. The van der Waals surface area contributed by atoms with Gasteiger partial charge in [0.05, 0.1) is 24.3 Å². The van der Waals surface area contributed by atoms with Crippen LogP contribution in [0.3, 0.4) is 0 Å². The number of nitrogen functional groups attached to an aromatic ring is 1. The van der Waals surface area contributed by atoms with Crippen LogP contribution < -0.4 is 11.1 Å². The van der Waals surface area contributed by atoms with E-state index < -0.39 is 60.5 Å². The number of anilines is 1. The van der Waals surface area contributed by atoms with Crippen LogP contribution in [-0.2, 0) is 38.1 Å². The number of nitrogens with two attached hydrogens (primary N) is 1. The van der Waals surface area contributed by atoms with Crippen molar-refractivity contribution in [2.75, 3.05) is 46.3 Å². The highest BCUT2D eigenvalue weighted by molar-refractivity contribution is 5.75. The SMILES string of the molecule is COC(F)(COCN[C@@H](C)C(=O)O[C@@H]1CCN(C)C1)[C@@H](OC(=O)C(C)C)[C@@H](OC(=O)C(C)C)c1ccc2c(N)ncnn12. The third kappa shape index (κ3) is 8.59. The van der Waals surface area contributed by atoms with Gasteiger partial charge in [-0.2, -0.15) is 5.10 Å². The summed E-state index contributed by atoms with van der Waals surface area (Å²) in [7, 11) is 3.02. The van der Waals surface area contributed by atoms with Crippen LogP contribution in [0.1, 0.15) is 52.8 Å². The van der Waals surface area contributed by atoms with E-state index in [4.69, 9.17) is 29.4 Å². The number of rotatable bonds is 15. The molecule has 3 rings (SSSR count). The van der Waals surface area contributed by atoms with Crippen LogP contribution in [0.5, 0.6) is 0 Å². The minimum absolute atomic E-state index is 0.131. The number of nitrogens with one attached hydrogen (secondary N) is 1. The third-order valence-electron chi connectivity index (χ3n) is 7.05. The standard InChI is InChI=1S/C28H43FN6O8/c1-16(2)25(36)42-22(20-8-9-21-24(30)31-14-33-35(20)21)23(43-26(37)17(3)4)28(29,39-7)13-40-15-32-18(5)27(38)41-19-10-11-34(6)12-19/h8-9,14,16-19,22-23,32H,10-13,15H2,1-7H3,(H2,30,31,33)/t18-,19+,22-,23-,28?/m0/s1. The number of likely N-dealkylation sites (N-methyl/N-ethyl adjacent to an activating group) is 1. The van der Waals surface area contributed by atoms with Gasteiger partial charge >= 0.3 is 17.9 Å². The predicted molar refractivity (Wildman–Crippen MR) is 152 cm³/mol. The lowest BCUT2D eigenvalue weighted by Crippen LogP contribution is -2.52. The number of carbonyl (C=O) groups excluding carboxylic acids is 3. The summed E-state index contributed by atoms with van der Waals surface area (Å²) >= 11 is 0. The molecule has 0 bridgehead atoms. The lowest BCUT2D eigenvalue weighted by Gasteiger charge is -2.36. The first-order valence-corrected chi connectivity index (χ1v) is 14.2. The number of aromatic nitrogens is 3. The van der Waals surface area contributed by atoms with Crippen molar-refractivity contribution in [3.63, 3.8) is 0 Å². The minimum Gasteiger partial charge on any atom is -0.460 e. The number of carbonyl (C=O) groups is 3. The summed E-state index contributed by atoms with van der Waals surface area (Å²) in [6.07, 6.45) is -1.63. The Morgan fingerprint density at radius 3 is 2.40 bits per heavy atom. The summed E-state index contributed by atoms with van der Waals surface area (Å²) in [5.41, 5.74) is 6.50. The van der Waals surface area contributed by atoms with Crippen LogP contribution in [0.15, 0.2) is 18.5 Å². The van der Waals surface area contributed by atoms with Crippen LogP contribution in [0.4, 0.5) is 10.2 Å². The third-order valence-corrected chi connectivity index (χ3v) is 7.05. The van der Waals surface area contributed by atoms with Crippen molar-refractivity contribution in [1.82, 2.24) is 24.8 Å². The monoisotopic (exact) mass is 610 g/mol. The Labute approximate surface area is 250 Å². The molecule has 1 aliphatic rings. The van der Waals surface area contributed by atoms with E-state index in [2.05, 4.69) is 20.3 Å². The zero-order chi connectivity index (χ0) is 31.9. The van der Waals surface area contributed by atoms with E-state index in [1.165, 1.54) is 16.9 Å². The second-order valence-corrected chi connectivity index (χ2v) is 11.2. The van der Waals surface area contributed by atoms with Gasteiger partial charge in [0.25, 0.3) is 5.85 Å². The first-order valence-electron chi connectivity index (χ1n) is 14.2. The first-order chi connectivity index (χ1) is 20.3. The quantitative estimate of drug-likeness (QED) is 0.129. The number of nitrogens with zero attached hydrogens (tertiary/aromatic N) is 4. The van der Waals surface area contributed by atoms with Crippen molar-refractivity contribution in [3.8, 4) is 0 Å². The van der Waals surface area contributed by atoms with Crippen molar-refractivity contribution in [2.45, 2.75) is 71.2 Å². The maximum atomic E-state index is 16.8. The van der Waals surface area contributed by atoms with Gasteiger partial charge in [-0.1, -0.05) is 27.7 Å². The van der Waals surface area contributed by atoms with Crippen molar-refractivity contribution in [1.29, 1.82) is 0 Å². The molecule has 2 aromatic heterocycles. The Morgan fingerprint density at radius 2 is 1.79 bits per heavy atom. The lowest BCUT2D eigenvalue weighted by atomic mass is 10.0. The number of esters is 3. The maximum absolute atomic E-state index is 16.8. The predicted octanol–water partition coefficient (Wildman–Crippen LogP) is 1.63.